The fourth-order valence-electron chi connectivity index (χ4n) is 3.41. The van der Waals surface area contributed by atoms with Crippen LogP contribution in [0.1, 0.15) is 36.0 Å². The zero-order chi connectivity index (χ0) is 15.5. The van der Waals surface area contributed by atoms with E-state index in [0.29, 0.717) is 12.0 Å². The van der Waals surface area contributed by atoms with Gasteiger partial charge in [0.15, 0.2) is 0 Å². The minimum Gasteiger partial charge on any atom is -0.396 e. The summed E-state index contributed by atoms with van der Waals surface area (Å²) in [5.74, 6) is 0.513. The molecule has 0 bridgehead atoms. The lowest BCUT2D eigenvalue weighted by Gasteiger charge is -2.34. The number of carbonyl (C=O) groups excluding carboxylic acids is 1. The molecule has 1 aliphatic carbocycles. The quantitative estimate of drug-likeness (QED) is 0.942. The summed E-state index contributed by atoms with van der Waals surface area (Å²) in [6.07, 6.45) is 4.00. The third-order valence-corrected chi connectivity index (χ3v) is 4.94. The summed E-state index contributed by atoms with van der Waals surface area (Å²) in [4.78, 5) is 14.6. The van der Waals surface area contributed by atoms with Crippen molar-refractivity contribution in [2.75, 3.05) is 13.7 Å². The van der Waals surface area contributed by atoms with E-state index in [1.54, 1.807) is 0 Å². The van der Waals surface area contributed by atoms with E-state index in [0.717, 1.165) is 42.0 Å². The molecule has 3 heteroatoms. The lowest BCUT2D eigenvalue weighted by Crippen LogP contribution is -2.39. The second kappa shape index (κ2) is 6.49. The molecule has 0 aliphatic heterocycles. The van der Waals surface area contributed by atoms with Crippen LogP contribution in [0, 0.1) is 5.92 Å². The fourth-order valence-corrected chi connectivity index (χ4v) is 3.41. The predicted molar refractivity (Wildman–Crippen MR) is 88.9 cm³/mol. The average molecular weight is 297 g/mol. The van der Waals surface area contributed by atoms with Crippen molar-refractivity contribution in [2.45, 2.75) is 31.7 Å². The van der Waals surface area contributed by atoms with Gasteiger partial charge in [0.1, 0.15) is 0 Å². The zero-order valence-electron chi connectivity index (χ0n) is 13.0. The van der Waals surface area contributed by atoms with Crippen LogP contribution in [0.5, 0.6) is 0 Å². The van der Waals surface area contributed by atoms with Gasteiger partial charge in [0.2, 0.25) is 0 Å². The summed E-state index contributed by atoms with van der Waals surface area (Å²) in [7, 11) is 1.90. The summed E-state index contributed by atoms with van der Waals surface area (Å²) in [5.41, 5.74) is 0.755. The first kappa shape index (κ1) is 15.0. The number of aliphatic hydroxyl groups excluding tert-OH is 1. The molecule has 1 saturated carbocycles. The maximum absolute atomic E-state index is 12.7. The number of hydrogen-bond donors (Lipinski definition) is 1. The van der Waals surface area contributed by atoms with Crippen LogP contribution in [0.3, 0.4) is 0 Å². The molecule has 0 saturated heterocycles. The number of hydrogen-bond acceptors (Lipinski definition) is 2. The molecule has 0 spiro atoms. The van der Waals surface area contributed by atoms with Crippen LogP contribution in [0.15, 0.2) is 42.5 Å². The molecule has 0 radical (unpaired) electrons. The topological polar surface area (TPSA) is 40.5 Å². The number of nitrogens with zero attached hydrogens (tertiary/aromatic N) is 1. The summed E-state index contributed by atoms with van der Waals surface area (Å²) in [6, 6.07) is 14.3. The van der Waals surface area contributed by atoms with Gasteiger partial charge in [-0.05, 0) is 54.5 Å². The van der Waals surface area contributed by atoms with E-state index in [9.17, 15) is 9.90 Å². The van der Waals surface area contributed by atoms with Crippen molar-refractivity contribution >= 4 is 16.7 Å². The lowest BCUT2D eigenvalue weighted by atomic mass is 9.86. The van der Waals surface area contributed by atoms with Crippen LogP contribution < -0.4 is 0 Å². The summed E-state index contributed by atoms with van der Waals surface area (Å²) < 4.78 is 0. The van der Waals surface area contributed by atoms with Gasteiger partial charge in [0.25, 0.3) is 5.91 Å². The van der Waals surface area contributed by atoms with Crippen LogP contribution >= 0.6 is 0 Å². The van der Waals surface area contributed by atoms with Crippen LogP contribution in [-0.4, -0.2) is 35.6 Å². The molecule has 0 unspecified atom stereocenters. The van der Waals surface area contributed by atoms with Crippen molar-refractivity contribution in [2.24, 2.45) is 5.92 Å². The average Bonchev–Trinajstić information content (AvgIpc) is 2.60. The SMILES string of the molecule is CN(C(=O)c1ccc2ccccc2c1)C1CCC(CO)CC1. The Labute approximate surface area is 131 Å². The Kier molecular flexibility index (Phi) is 4.44. The van der Waals surface area contributed by atoms with Crippen molar-refractivity contribution < 1.29 is 9.90 Å². The number of benzene rings is 2. The smallest absolute Gasteiger partial charge is 0.253 e. The third-order valence-electron chi connectivity index (χ3n) is 4.94. The van der Waals surface area contributed by atoms with Crippen molar-refractivity contribution in [3.63, 3.8) is 0 Å². The highest BCUT2D eigenvalue weighted by atomic mass is 16.3. The second-order valence-corrected chi connectivity index (χ2v) is 6.34. The Hall–Kier alpha value is -1.87. The molecule has 2 aromatic rings. The Morgan fingerprint density at radius 1 is 1.09 bits per heavy atom. The Bertz CT molecular complexity index is 659. The molecule has 1 N–H and O–H groups in total. The van der Waals surface area contributed by atoms with Crippen LogP contribution in [0.2, 0.25) is 0 Å². The summed E-state index contributed by atoms with van der Waals surface area (Å²) in [5, 5.41) is 11.5. The normalized spacial score (nSPS) is 21.7. The minimum atomic E-state index is 0.0956. The largest absolute Gasteiger partial charge is 0.396 e. The van der Waals surface area contributed by atoms with Gasteiger partial charge in [-0.25, -0.2) is 0 Å². The van der Waals surface area contributed by atoms with E-state index in [1.165, 1.54) is 0 Å². The first-order valence-electron chi connectivity index (χ1n) is 8.06. The molecule has 3 rings (SSSR count). The van der Waals surface area contributed by atoms with Crippen LogP contribution in [0.4, 0.5) is 0 Å². The molecule has 0 aromatic heterocycles. The molecular formula is C19H23NO2. The lowest BCUT2D eigenvalue weighted by molar-refractivity contribution is 0.0653. The maximum atomic E-state index is 12.7. The van der Waals surface area contributed by atoms with Crippen molar-refractivity contribution in [1.82, 2.24) is 4.90 Å². The highest BCUT2D eigenvalue weighted by molar-refractivity contribution is 5.98. The van der Waals surface area contributed by atoms with Crippen molar-refractivity contribution in [1.29, 1.82) is 0 Å². The molecule has 1 amide bonds. The number of aliphatic hydroxyl groups is 1. The molecule has 2 aromatic carbocycles. The standard InChI is InChI=1S/C19H23NO2/c1-20(18-10-6-14(13-21)7-11-18)19(22)17-9-8-15-4-2-3-5-16(15)12-17/h2-5,8-9,12,14,18,21H,6-7,10-11,13H2,1H3. The summed E-state index contributed by atoms with van der Waals surface area (Å²) >= 11 is 0. The number of amides is 1. The molecule has 0 atom stereocenters. The van der Waals surface area contributed by atoms with E-state index in [4.69, 9.17) is 0 Å². The van der Waals surface area contributed by atoms with E-state index < -0.39 is 0 Å². The Morgan fingerprint density at radius 3 is 2.45 bits per heavy atom. The monoisotopic (exact) mass is 297 g/mol. The van der Waals surface area contributed by atoms with Gasteiger partial charge in [-0.15, -0.1) is 0 Å². The highest BCUT2D eigenvalue weighted by Gasteiger charge is 2.26. The Balaban J connectivity index is 1.74. The highest BCUT2D eigenvalue weighted by Crippen LogP contribution is 2.27. The van der Waals surface area contributed by atoms with Gasteiger partial charge >= 0.3 is 0 Å². The van der Waals surface area contributed by atoms with E-state index in [1.807, 2.05) is 48.3 Å². The van der Waals surface area contributed by atoms with E-state index >= 15 is 0 Å². The van der Waals surface area contributed by atoms with Gasteiger partial charge in [-0.3, -0.25) is 4.79 Å². The van der Waals surface area contributed by atoms with Gasteiger partial charge in [-0.1, -0.05) is 30.3 Å². The van der Waals surface area contributed by atoms with E-state index in [-0.39, 0.29) is 12.5 Å². The molecule has 22 heavy (non-hydrogen) atoms. The second-order valence-electron chi connectivity index (χ2n) is 6.34. The van der Waals surface area contributed by atoms with Gasteiger partial charge in [0.05, 0.1) is 0 Å². The summed E-state index contributed by atoms with van der Waals surface area (Å²) in [6.45, 7) is 0.273. The fraction of sp³-hybridized carbons (Fsp3) is 0.421. The maximum Gasteiger partial charge on any atom is 0.253 e. The molecule has 3 nitrogen and oxygen atoms in total. The molecule has 0 heterocycles. The van der Waals surface area contributed by atoms with E-state index in [2.05, 4.69) is 6.07 Å². The molecule has 116 valence electrons. The molecule has 1 fully saturated rings. The number of carbonyl (C=O) groups is 1. The van der Waals surface area contributed by atoms with Crippen LogP contribution in [-0.2, 0) is 0 Å². The zero-order valence-corrected chi connectivity index (χ0v) is 13.0. The molecule has 1 aliphatic rings. The first-order valence-corrected chi connectivity index (χ1v) is 8.06. The van der Waals surface area contributed by atoms with Gasteiger partial charge in [-0.2, -0.15) is 0 Å². The van der Waals surface area contributed by atoms with Gasteiger partial charge < -0.3 is 10.0 Å². The molecular weight excluding hydrogens is 274 g/mol. The first-order chi connectivity index (χ1) is 10.7. The number of fused-ring (bicyclic) bond motifs is 1. The Morgan fingerprint density at radius 2 is 1.77 bits per heavy atom. The predicted octanol–water partition coefficient (Wildman–Crippen LogP) is 3.46. The number of rotatable bonds is 3. The van der Waals surface area contributed by atoms with Gasteiger partial charge in [0, 0.05) is 25.3 Å². The van der Waals surface area contributed by atoms with Crippen molar-refractivity contribution in [3.8, 4) is 0 Å². The van der Waals surface area contributed by atoms with Crippen molar-refractivity contribution in [3.05, 3.63) is 48.0 Å². The minimum absolute atomic E-state index is 0.0956. The third kappa shape index (κ3) is 3.00. The van der Waals surface area contributed by atoms with Crippen LogP contribution in [0.25, 0.3) is 10.8 Å².